The van der Waals surface area contributed by atoms with Crippen LogP contribution in [-0.4, -0.2) is 27.2 Å². The Morgan fingerprint density at radius 3 is 2.19 bits per heavy atom. The van der Waals surface area contributed by atoms with E-state index in [9.17, 15) is 21.6 Å². The van der Waals surface area contributed by atoms with Crippen LogP contribution in [0.15, 0.2) is 22.1 Å². The van der Waals surface area contributed by atoms with Crippen LogP contribution in [0, 0.1) is 0 Å². The third-order valence-electron chi connectivity index (χ3n) is 2.08. The lowest BCUT2D eigenvalue weighted by atomic mass is 10.3. The summed E-state index contributed by atoms with van der Waals surface area (Å²) in [6.45, 7) is 2.66. The smallest absolute Gasteiger partial charge is 0.279 e. The van der Waals surface area contributed by atoms with Gasteiger partial charge in [-0.2, -0.15) is 0 Å². The van der Waals surface area contributed by atoms with Gasteiger partial charge in [-0.05, 0) is 19.9 Å². The molecule has 0 aromatic heterocycles. The molecule has 1 aliphatic heterocycles. The second kappa shape index (κ2) is 3.70. The topological polar surface area (TPSA) is 111 Å². The lowest BCUT2D eigenvalue weighted by Crippen LogP contribution is -2.26. The van der Waals surface area contributed by atoms with E-state index >= 15 is 0 Å². The number of carbonyl (C=O) groups is 1. The molecule has 90 valence electrons. The van der Waals surface area contributed by atoms with Gasteiger partial charge in [-0.15, -0.1) is 0 Å². The zero-order chi connectivity index (χ0) is 12.7. The van der Waals surface area contributed by atoms with E-state index in [1.165, 1.54) is 13.8 Å². The molecule has 6 nitrogen and oxygen atoms in total. The monoisotopic (exact) mass is 265 g/mol. The molecular weight excluding hydrogens is 254 g/mol. The van der Waals surface area contributed by atoms with Gasteiger partial charge in [0.2, 0.25) is 19.7 Å². The predicted octanol–water partition coefficient (Wildman–Crippen LogP) is -0.551. The average Bonchev–Trinajstić information content (AvgIpc) is 2.41. The Morgan fingerprint density at radius 1 is 1.38 bits per heavy atom. The summed E-state index contributed by atoms with van der Waals surface area (Å²) in [7, 11) is -7.85. The van der Waals surface area contributed by atoms with Crippen molar-refractivity contribution in [2.45, 2.75) is 19.1 Å². The lowest BCUT2D eigenvalue weighted by Gasteiger charge is -2.06. The van der Waals surface area contributed by atoms with Crippen molar-refractivity contribution >= 4 is 24.8 Å². The quantitative estimate of drug-likeness (QED) is 0.717. The molecule has 0 aromatic carbocycles. The molecule has 0 unspecified atom stereocenters. The molecule has 0 atom stereocenters. The van der Waals surface area contributed by atoms with Gasteiger partial charge < -0.3 is 5.73 Å². The molecule has 0 aliphatic carbocycles. The molecule has 0 aromatic rings. The highest BCUT2D eigenvalue weighted by Gasteiger charge is 2.34. The first-order valence-electron chi connectivity index (χ1n) is 4.32. The van der Waals surface area contributed by atoms with Gasteiger partial charge in [0.25, 0.3) is 5.12 Å². The van der Waals surface area contributed by atoms with Gasteiger partial charge >= 0.3 is 0 Å². The van der Waals surface area contributed by atoms with Crippen molar-refractivity contribution in [2.24, 2.45) is 5.73 Å². The van der Waals surface area contributed by atoms with E-state index in [1.54, 1.807) is 0 Å². The molecule has 0 bridgehead atoms. The molecule has 1 aliphatic rings. The van der Waals surface area contributed by atoms with Crippen LogP contribution < -0.4 is 5.73 Å². The van der Waals surface area contributed by atoms with Gasteiger partial charge in [0, 0.05) is 5.41 Å². The summed E-state index contributed by atoms with van der Waals surface area (Å²) in [4.78, 5) is 11.6. The Bertz CT molecular complexity index is 592. The minimum absolute atomic E-state index is 0.478. The van der Waals surface area contributed by atoms with E-state index in [4.69, 9.17) is 5.73 Å². The standard InChI is InChI=1S/C8H11NO5S2/c1-5(2)16(13,14)8(10)6-3-4-15(11,12)7(6)9/h3-5H,9H2,1-2H3. The first kappa shape index (κ1) is 12.9. The molecule has 0 amide bonds. The van der Waals surface area contributed by atoms with Crippen molar-refractivity contribution in [1.29, 1.82) is 0 Å². The highest BCUT2D eigenvalue weighted by atomic mass is 32.2. The van der Waals surface area contributed by atoms with Crippen molar-refractivity contribution in [3.63, 3.8) is 0 Å². The maximum atomic E-state index is 11.6. The molecule has 0 radical (unpaired) electrons. The molecule has 16 heavy (non-hydrogen) atoms. The molecule has 2 N–H and O–H groups in total. The van der Waals surface area contributed by atoms with Gasteiger partial charge in [0.05, 0.1) is 10.8 Å². The summed E-state index contributed by atoms with van der Waals surface area (Å²) < 4.78 is 45.3. The summed E-state index contributed by atoms with van der Waals surface area (Å²) in [5.41, 5.74) is 4.72. The van der Waals surface area contributed by atoms with Crippen molar-refractivity contribution in [1.82, 2.24) is 0 Å². The maximum absolute atomic E-state index is 11.6. The van der Waals surface area contributed by atoms with Crippen LogP contribution in [0.25, 0.3) is 0 Å². The average molecular weight is 265 g/mol. The zero-order valence-electron chi connectivity index (χ0n) is 8.67. The van der Waals surface area contributed by atoms with Crippen molar-refractivity contribution in [3.8, 4) is 0 Å². The normalized spacial score (nSPS) is 19.4. The Morgan fingerprint density at radius 2 is 1.88 bits per heavy atom. The van der Waals surface area contributed by atoms with Gasteiger partial charge in [0.15, 0.2) is 0 Å². The number of rotatable bonds is 2. The van der Waals surface area contributed by atoms with Gasteiger partial charge in [0.1, 0.15) is 5.03 Å². The number of hydrogen-bond acceptors (Lipinski definition) is 6. The van der Waals surface area contributed by atoms with Crippen LogP contribution in [0.5, 0.6) is 0 Å². The van der Waals surface area contributed by atoms with Crippen LogP contribution in [0.2, 0.25) is 0 Å². The molecule has 1 heterocycles. The van der Waals surface area contributed by atoms with Gasteiger partial charge in [-0.25, -0.2) is 16.8 Å². The zero-order valence-corrected chi connectivity index (χ0v) is 10.3. The number of allylic oxidation sites excluding steroid dienone is 1. The summed E-state index contributed by atoms with van der Waals surface area (Å²) in [6, 6.07) is 0. The summed E-state index contributed by atoms with van der Waals surface area (Å²) in [5, 5.41) is -2.16. The number of sulfone groups is 2. The van der Waals surface area contributed by atoms with Gasteiger partial charge in [-0.1, -0.05) is 0 Å². The van der Waals surface area contributed by atoms with Crippen LogP contribution in [0.3, 0.4) is 0 Å². The van der Waals surface area contributed by atoms with E-state index in [-0.39, 0.29) is 0 Å². The van der Waals surface area contributed by atoms with E-state index in [1.807, 2.05) is 0 Å². The van der Waals surface area contributed by atoms with E-state index < -0.39 is 40.6 Å². The highest BCUT2D eigenvalue weighted by Crippen LogP contribution is 2.22. The fourth-order valence-corrected chi connectivity index (χ4v) is 2.91. The third kappa shape index (κ3) is 1.90. The first-order valence-corrected chi connectivity index (χ1v) is 7.41. The van der Waals surface area contributed by atoms with Crippen molar-refractivity contribution in [2.75, 3.05) is 0 Å². The Kier molecular flexibility index (Phi) is 2.99. The highest BCUT2D eigenvalue weighted by molar-refractivity contribution is 8.07. The SMILES string of the molecule is CC(C)S(=O)(=O)C(=O)C1=C(N)S(=O)(=O)C=C1. The molecular formula is C8H11NO5S2. The lowest BCUT2D eigenvalue weighted by molar-refractivity contribution is -0.108. The summed E-state index contributed by atoms with van der Waals surface area (Å²) in [5.74, 6) is 0. The Balaban J connectivity index is 3.33. The second-order valence-electron chi connectivity index (χ2n) is 3.51. The van der Waals surface area contributed by atoms with Crippen LogP contribution in [0.1, 0.15) is 13.8 Å². The van der Waals surface area contributed by atoms with E-state index in [0.717, 1.165) is 6.08 Å². The van der Waals surface area contributed by atoms with Crippen LogP contribution in [0.4, 0.5) is 0 Å². The first-order chi connectivity index (χ1) is 7.10. The van der Waals surface area contributed by atoms with Gasteiger partial charge in [-0.3, -0.25) is 4.79 Å². The summed E-state index contributed by atoms with van der Waals surface area (Å²) in [6.07, 6.45) is 0.910. The van der Waals surface area contributed by atoms with Crippen LogP contribution >= 0.6 is 0 Å². The number of hydrogen-bond donors (Lipinski definition) is 1. The molecule has 0 spiro atoms. The van der Waals surface area contributed by atoms with E-state index in [0.29, 0.717) is 5.41 Å². The summed E-state index contributed by atoms with van der Waals surface area (Å²) >= 11 is 0. The fourth-order valence-electron chi connectivity index (χ4n) is 1.00. The van der Waals surface area contributed by atoms with Crippen molar-refractivity contribution in [3.05, 3.63) is 22.1 Å². The predicted molar refractivity (Wildman–Crippen MR) is 58.3 cm³/mol. The fraction of sp³-hybridized carbons (Fsp3) is 0.375. The molecule has 0 saturated heterocycles. The van der Waals surface area contributed by atoms with Crippen LogP contribution in [-0.2, 0) is 24.5 Å². The molecule has 0 fully saturated rings. The largest absolute Gasteiger partial charge is 0.389 e. The molecule has 1 rings (SSSR count). The molecule has 8 heteroatoms. The molecule has 0 saturated carbocycles. The number of carbonyl (C=O) groups excluding carboxylic acids is 1. The Hall–Kier alpha value is -1.15. The minimum atomic E-state index is -4.04. The maximum Gasteiger partial charge on any atom is 0.279 e. The second-order valence-corrected chi connectivity index (χ2v) is 7.71. The Labute approximate surface area is 93.7 Å². The van der Waals surface area contributed by atoms with Crippen molar-refractivity contribution < 1.29 is 21.6 Å². The van der Waals surface area contributed by atoms with E-state index in [2.05, 4.69) is 0 Å². The minimum Gasteiger partial charge on any atom is -0.389 e. The number of nitrogens with two attached hydrogens (primary N) is 1. The third-order valence-corrected chi connectivity index (χ3v) is 5.39.